The fraction of sp³-hybridized carbons (Fsp3) is 0.400. The van der Waals surface area contributed by atoms with E-state index in [1.165, 1.54) is 4.90 Å². The van der Waals surface area contributed by atoms with E-state index in [-0.39, 0.29) is 31.0 Å². The zero-order valence-electron chi connectivity index (χ0n) is 19.0. The van der Waals surface area contributed by atoms with Crippen LogP contribution in [0.15, 0.2) is 48.5 Å². The van der Waals surface area contributed by atoms with Crippen LogP contribution >= 0.6 is 0 Å². The summed E-state index contributed by atoms with van der Waals surface area (Å²) < 4.78 is 15.9. The van der Waals surface area contributed by atoms with Crippen LogP contribution in [0.25, 0.3) is 0 Å². The average Bonchev–Trinajstić information content (AvgIpc) is 3.33. The van der Waals surface area contributed by atoms with Gasteiger partial charge in [0.25, 0.3) is 0 Å². The van der Waals surface area contributed by atoms with Gasteiger partial charge >= 0.3 is 6.09 Å². The summed E-state index contributed by atoms with van der Waals surface area (Å²) in [5, 5.41) is 0. The molecule has 0 bridgehead atoms. The molecule has 0 radical (unpaired) electrons. The first-order chi connectivity index (χ1) is 15.9. The first-order valence-electron chi connectivity index (χ1n) is 11.0. The number of imide groups is 1. The molecule has 2 heterocycles. The van der Waals surface area contributed by atoms with Crippen molar-refractivity contribution in [2.75, 3.05) is 27.4 Å². The smallest absolute Gasteiger partial charge is 0.416 e. The number of carbonyl (C=O) groups excluding carboxylic acids is 3. The predicted octanol–water partition coefficient (Wildman–Crippen LogP) is 2.89. The van der Waals surface area contributed by atoms with Gasteiger partial charge in [0.05, 0.1) is 26.2 Å². The summed E-state index contributed by atoms with van der Waals surface area (Å²) in [4.78, 5) is 41.7. The van der Waals surface area contributed by atoms with Gasteiger partial charge in [-0.05, 0) is 24.1 Å². The SMILES string of the molecule is COc1ccc(CN2CC(C(=O)N3C(=O)OC[C@H]3Cc3ccccc3)C(C)C2=O)c(OC)c1. The van der Waals surface area contributed by atoms with Crippen LogP contribution in [-0.2, 0) is 27.3 Å². The molecule has 4 rings (SSSR count). The number of likely N-dealkylation sites (tertiary alicyclic amines) is 1. The largest absolute Gasteiger partial charge is 0.497 e. The standard InChI is InChI=1S/C25H28N2O6/c1-16-21(14-26(23(16)28)13-18-9-10-20(31-2)12-22(18)32-3)24(29)27-19(15-33-25(27)30)11-17-7-5-4-6-8-17/h4-10,12,16,19,21H,11,13-15H2,1-3H3/t16?,19-,21?/m1/s1. The van der Waals surface area contributed by atoms with Crippen LogP contribution < -0.4 is 9.47 Å². The molecule has 2 aliphatic rings. The second-order valence-electron chi connectivity index (χ2n) is 8.42. The molecule has 2 aromatic rings. The number of ether oxygens (including phenoxy) is 3. The van der Waals surface area contributed by atoms with Crippen molar-refractivity contribution >= 4 is 17.9 Å². The third kappa shape index (κ3) is 4.51. The molecule has 0 N–H and O–H groups in total. The first kappa shape index (κ1) is 22.6. The quantitative estimate of drug-likeness (QED) is 0.642. The van der Waals surface area contributed by atoms with Crippen LogP contribution in [0.5, 0.6) is 11.5 Å². The third-order valence-corrected chi connectivity index (χ3v) is 6.41. The minimum absolute atomic E-state index is 0.126. The highest BCUT2D eigenvalue weighted by Gasteiger charge is 2.48. The number of benzene rings is 2. The van der Waals surface area contributed by atoms with Gasteiger partial charge in [-0.25, -0.2) is 9.69 Å². The summed E-state index contributed by atoms with van der Waals surface area (Å²) in [7, 11) is 3.13. The van der Waals surface area contributed by atoms with Gasteiger partial charge < -0.3 is 19.1 Å². The van der Waals surface area contributed by atoms with Gasteiger partial charge in [0.2, 0.25) is 11.8 Å². The highest BCUT2D eigenvalue weighted by atomic mass is 16.6. The fourth-order valence-electron chi connectivity index (χ4n) is 4.51. The van der Waals surface area contributed by atoms with E-state index in [0.717, 1.165) is 11.1 Å². The maximum atomic E-state index is 13.4. The van der Waals surface area contributed by atoms with Crippen LogP contribution in [0.1, 0.15) is 18.1 Å². The van der Waals surface area contributed by atoms with E-state index >= 15 is 0 Å². The zero-order valence-corrected chi connectivity index (χ0v) is 19.0. The highest BCUT2D eigenvalue weighted by molar-refractivity contribution is 5.98. The van der Waals surface area contributed by atoms with E-state index in [2.05, 4.69) is 0 Å². The van der Waals surface area contributed by atoms with Crippen molar-refractivity contribution < 1.29 is 28.6 Å². The number of cyclic esters (lactones) is 1. The molecule has 3 atom stereocenters. The fourth-order valence-corrected chi connectivity index (χ4v) is 4.51. The highest BCUT2D eigenvalue weighted by Crippen LogP contribution is 2.32. The van der Waals surface area contributed by atoms with Crippen molar-refractivity contribution in [3.63, 3.8) is 0 Å². The minimum atomic E-state index is -0.643. The van der Waals surface area contributed by atoms with E-state index in [1.54, 1.807) is 38.2 Å². The minimum Gasteiger partial charge on any atom is -0.497 e. The van der Waals surface area contributed by atoms with E-state index in [9.17, 15) is 14.4 Å². The van der Waals surface area contributed by atoms with Gasteiger partial charge in [0.1, 0.15) is 18.1 Å². The lowest BCUT2D eigenvalue weighted by Crippen LogP contribution is -2.45. The molecule has 174 valence electrons. The molecule has 33 heavy (non-hydrogen) atoms. The summed E-state index contributed by atoms with van der Waals surface area (Å²) in [6, 6.07) is 14.7. The van der Waals surface area contributed by atoms with E-state index in [4.69, 9.17) is 14.2 Å². The third-order valence-electron chi connectivity index (χ3n) is 6.41. The van der Waals surface area contributed by atoms with Gasteiger partial charge in [-0.2, -0.15) is 0 Å². The van der Waals surface area contributed by atoms with E-state index in [1.807, 2.05) is 36.4 Å². The molecule has 2 aromatic carbocycles. The number of amides is 3. The number of nitrogens with zero attached hydrogens (tertiary/aromatic N) is 2. The average molecular weight is 453 g/mol. The molecule has 0 saturated carbocycles. The second-order valence-corrected chi connectivity index (χ2v) is 8.42. The first-order valence-corrected chi connectivity index (χ1v) is 11.0. The molecule has 0 spiro atoms. The Bertz CT molecular complexity index is 1040. The molecular formula is C25H28N2O6. The Labute approximate surface area is 193 Å². The van der Waals surface area contributed by atoms with E-state index < -0.39 is 17.9 Å². The number of hydrogen-bond donors (Lipinski definition) is 0. The molecule has 0 aromatic heterocycles. The summed E-state index contributed by atoms with van der Waals surface area (Å²) in [5.41, 5.74) is 1.83. The van der Waals surface area contributed by atoms with Crippen molar-refractivity contribution in [2.45, 2.75) is 25.9 Å². The maximum absolute atomic E-state index is 13.4. The van der Waals surface area contributed by atoms with Gasteiger partial charge in [0, 0.05) is 30.6 Å². The molecule has 2 saturated heterocycles. The van der Waals surface area contributed by atoms with Gasteiger partial charge in [-0.3, -0.25) is 9.59 Å². The summed E-state index contributed by atoms with van der Waals surface area (Å²) >= 11 is 0. The van der Waals surface area contributed by atoms with E-state index in [0.29, 0.717) is 24.5 Å². The van der Waals surface area contributed by atoms with Crippen LogP contribution in [0.2, 0.25) is 0 Å². The van der Waals surface area contributed by atoms with Crippen molar-refractivity contribution in [3.05, 3.63) is 59.7 Å². The van der Waals surface area contributed by atoms with Crippen molar-refractivity contribution in [3.8, 4) is 11.5 Å². The summed E-state index contributed by atoms with van der Waals surface area (Å²) in [5.74, 6) is -0.377. The second kappa shape index (κ2) is 9.52. The topological polar surface area (TPSA) is 85.4 Å². The van der Waals surface area contributed by atoms with Gasteiger partial charge in [-0.15, -0.1) is 0 Å². The van der Waals surface area contributed by atoms with Crippen LogP contribution in [-0.4, -0.2) is 61.1 Å². The van der Waals surface area contributed by atoms with Crippen molar-refractivity contribution in [1.29, 1.82) is 0 Å². The number of rotatable bonds is 7. The lowest BCUT2D eigenvalue weighted by atomic mass is 9.95. The molecule has 2 aliphatic heterocycles. The summed E-state index contributed by atoms with van der Waals surface area (Å²) in [6.07, 6.45) is -0.129. The number of hydrogen-bond acceptors (Lipinski definition) is 6. The maximum Gasteiger partial charge on any atom is 0.416 e. The van der Waals surface area contributed by atoms with Crippen molar-refractivity contribution in [1.82, 2.24) is 9.80 Å². The molecular weight excluding hydrogens is 424 g/mol. The monoisotopic (exact) mass is 452 g/mol. The predicted molar refractivity (Wildman–Crippen MR) is 120 cm³/mol. The molecule has 2 unspecified atom stereocenters. The Morgan fingerprint density at radius 1 is 1.09 bits per heavy atom. The van der Waals surface area contributed by atoms with Crippen LogP contribution in [0.4, 0.5) is 4.79 Å². The Morgan fingerprint density at radius 2 is 1.85 bits per heavy atom. The zero-order chi connectivity index (χ0) is 23.5. The van der Waals surface area contributed by atoms with Crippen LogP contribution in [0.3, 0.4) is 0 Å². The summed E-state index contributed by atoms with van der Waals surface area (Å²) in [6.45, 7) is 2.43. The normalized spacial score (nSPS) is 22.5. The number of carbonyl (C=O) groups is 3. The molecule has 3 amide bonds. The Hall–Kier alpha value is -3.55. The lowest BCUT2D eigenvalue weighted by molar-refractivity contribution is -0.136. The molecule has 0 aliphatic carbocycles. The molecule has 8 heteroatoms. The lowest BCUT2D eigenvalue weighted by Gasteiger charge is -2.24. The molecule has 2 fully saturated rings. The Balaban J connectivity index is 1.49. The Kier molecular flexibility index (Phi) is 6.53. The van der Waals surface area contributed by atoms with Gasteiger partial charge in [0.15, 0.2) is 0 Å². The Morgan fingerprint density at radius 3 is 2.55 bits per heavy atom. The van der Waals surface area contributed by atoms with Crippen molar-refractivity contribution in [2.24, 2.45) is 11.8 Å². The van der Waals surface area contributed by atoms with Crippen LogP contribution in [0, 0.1) is 11.8 Å². The molecule has 8 nitrogen and oxygen atoms in total. The number of methoxy groups -OCH3 is 2. The van der Waals surface area contributed by atoms with Gasteiger partial charge in [-0.1, -0.05) is 37.3 Å².